The number of rotatable bonds is 2. The number of halogens is 4. The fourth-order valence-electron chi connectivity index (χ4n) is 0.918. The lowest BCUT2D eigenvalue weighted by Crippen LogP contribution is -2.05. The monoisotopic (exact) mass is 281 g/mol. The fourth-order valence-corrected chi connectivity index (χ4v) is 1.40. The maximum atomic E-state index is 12.3. The minimum absolute atomic E-state index is 0.318. The summed E-state index contributed by atoms with van der Waals surface area (Å²) in [5, 5.41) is 3.46. The molecule has 1 aromatic carbocycles. The zero-order valence-corrected chi connectivity index (χ0v) is 9.26. The van der Waals surface area contributed by atoms with Crippen molar-refractivity contribution in [1.29, 1.82) is 0 Å². The normalized spacial score (nSPS) is 12.1. The van der Waals surface area contributed by atoms with Crippen molar-refractivity contribution in [3.05, 3.63) is 33.8 Å². The lowest BCUT2D eigenvalue weighted by atomic mass is 10.1. The second-order valence-electron chi connectivity index (χ2n) is 2.65. The van der Waals surface area contributed by atoms with Crippen molar-refractivity contribution in [2.24, 2.45) is 5.16 Å². The molecular formula is C9H7BrF3NO. The highest BCUT2D eigenvalue weighted by Crippen LogP contribution is 2.31. The first-order valence-corrected chi connectivity index (χ1v) is 4.67. The van der Waals surface area contributed by atoms with Crippen LogP contribution >= 0.6 is 15.9 Å². The van der Waals surface area contributed by atoms with Crippen LogP contribution in [0.4, 0.5) is 13.2 Å². The molecule has 0 aromatic heterocycles. The lowest BCUT2D eigenvalue weighted by Gasteiger charge is -2.07. The third-order valence-electron chi connectivity index (χ3n) is 1.62. The summed E-state index contributed by atoms with van der Waals surface area (Å²) in [5.41, 5.74) is -0.186. The van der Waals surface area contributed by atoms with E-state index in [4.69, 9.17) is 0 Å². The molecule has 1 rings (SSSR count). The van der Waals surface area contributed by atoms with Gasteiger partial charge in [-0.05, 0) is 12.1 Å². The van der Waals surface area contributed by atoms with Gasteiger partial charge in [-0.15, -0.1) is 0 Å². The summed E-state index contributed by atoms with van der Waals surface area (Å²) in [6.45, 7) is 0. The summed E-state index contributed by atoms with van der Waals surface area (Å²) in [7, 11) is 1.36. The number of hydrogen-bond acceptors (Lipinski definition) is 2. The largest absolute Gasteiger partial charge is 0.416 e. The highest BCUT2D eigenvalue weighted by atomic mass is 79.9. The first kappa shape index (κ1) is 12.0. The molecule has 0 bridgehead atoms. The second-order valence-corrected chi connectivity index (χ2v) is 3.51. The smallest absolute Gasteiger partial charge is 0.399 e. The van der Waals surface area contributed by atoms with Gasteiger partial charge in [-0.25, -0.2) is 0 Å². The molecule has 0 N–H and O–H groups in total. The second kappa shape index (κ2) is 4.65. The van der Waals surface area contributed by atoms with Crippen molar-refractivity contribution in [2.45, 2.75) is 6.18 Å². The summed E-state index contributed by atoms with van der Waals surface area (Å²) < 4.78 is 37.1. The van der Waals surface area contributed by atoms with Crippen LogP contribution in [0.1, 0.15) is 11.1 Å². The Balaban J connectivity index is 3.04. The van der Waals surface area contributed by atoms with Crippen LogP contribution < -0.4 is 0 Å². The van der Waals surface area contributed by atoms with Crippen LogP contribution in [-0.2, 0) is 11.0 Å². The van der Waals surface area contributed by atoms with Gasteiger partial charge in [0.15, 0.2) is 0 Å². The number of oxime groups is 1. The van der Waals surface area contributed by atoms with Crippen molar-refractivity contribution in [2.75, 3.05) is 7.11 Å². The SMILES string of the molecule is CO/N=C/c1ccc(C(F)(F)F)cc1Br. The standard InChI is InChI=1S/C9H7BrF3NO/c1-15-14-5-6-2-3-7(4-8(6)10)9(11,12)13/h2-5H,1H3/b14-5+. The van der Waals surface area contributed by atoms with Crippen LogP contribution in [-0.4, -0.2) is 13.3 Å². The van der Waals surface area contributed by atoms with Crippen molar-refractivity contribution in [1.82, 2.24) is 0 Å². The summed E-state index contributed by atoms with van der Waals surface area (Å²) >= 11 is 3.02. The Labute approximate surface area is 92.9 Å². The third kappa shape index (κ3) is 3.23. The Morgan fingerprint density at radius 1 is 1.40 bits per heavy atom. The van der Waals surface area contributed by atoms with Crippen molar-refractivity contribution >= 4 is 22.1 Å². The van der Waals surface area contributed by atoms with Crippen LogP contribution in [0.5, 0.6) is 0 Å². The van der Waals surface area contributed by atoms with Gasteiger partial charge in [0.25, 0.3) is 0 Å². The van der Waals surface area contributed by atoms with E-state index in [1.54, 1.807) is 0 Å². The van der Waals surface area contributed by atoms with E-state index in [2.05, 4.69) is 25.9 Å². The molecule has 0 heterocycles. The molecule has 0 saturated heterocycles. The van der Waals surface area contributed by atoms with Crippen LogP contribution in [0.3, 0.4) is 0 Å². The molecular weight excluding hydrogens is 275 g/mol. The Morgan fingerprint density at radius 3 is 2.53 bits per heavy atom. The van der Waals surface area contributed by atoms with Gasteiger partial charge >= 0.3 is 6.18 Å². The molecule has 1 aromatic rings. The van der Waals surface area contributed by atoms with E-state index in [0.29, 0.717) is 10.0 Å². The predicted molar refractivity (Wildman–Crippen MR) is 53.7 cm³/mol. The minimum atomic E-state index is -4.33. The number of alkyl halides is 3. The molecule has 82 valence electrons. The number of nitrogens with zero attached hydrogens (tertiary/aromatic N) is 1. The summed E-state index contributed by atoms with van der Waals surface area (Å²) in [6, 6.07) is 3.30. The lowest BCUT2D eigenvalue weighted by molar-refractivity contribution is -0.137. The summed E-state index contributed by atoms with van der Waals surface area (Å²) in [5.74, 6) is 0. The molecule has 0 fully saturated rings. The topological polar surface area (TPSA) is 21.6 Å². The fraction of sp³-hybridized carbons (Fsp3) is 0.222. The quantitative estimate of drug-likeness (QED) is 0.601. The highest BCUT2D eigenvalue weighted by Gasteiger charge is 2.30. The average Bonchev–Trinajstić information content (AvgIpc) is 2.14. The van der Waals surface area contributed by atoms with Crippen molar-refractivity contribution < 1.29 is 18.0 Å². The summed E-state index contributed by atoms with van der Waals surface area (Å²) in [6.07, 6.45) is -3.01. The molecule has 0 saturated carbocycles. The van der Waals surface area contributed by atoms with Gasteiger partial charge in [0.1, 0.15) is 7.11 Å². The van der Waals surface area contributed by atoms with Gasteiger partial charge in [0.05, 0.1) is 11.8 Å². The molecule has 15 heavy (non-hydrogen) atoms. The van der Waals surface area contributed by atoms with Crippen LogP contribution in [0, 0.1) is 0 Å². The van der Waals surface area contributed by atoms with Gasteiger partial charge in [-0.2, -0.15) is 13.2 Å². The van der Waals surface area contributed by atoms with E-state index in [1.807, 2.05) is 0 Å². The maximum Gasteiger partial charge on any atom is 0.416 e. The molecule has 0 atom stereocenters. The Bertz CT molecular complexity index is 376. The van der Waals surface area contributed by atoms with E-state index in [-0.39, 0.29) is 0 Å². The van der Waals surface area contributed by atoms with Gasteiger partial charge in [-0.1, -0.05) is 27.2 Å². The third-order valence-corrected chi connectivity index (χ3v) is 2.31. The van der Waals surface area contributed by atoms with Gasteiger partial charge in [-0.3, -0.25) is 0 Å². The molecule has 0 unspecified atom stereocenters. The summed E-state index contributed by atoms with van der Waals surface area (Å²) in [4.78, 5) is 4.42. The molecule has 0 amide bonds. The molecule has 0 aliphatic rings. The van der Waals surface area contributed by atoms with E-state index < -0.39 is 11.7 Å². The number of benzene rings is 1. The van der Waals surface area contributed by atoms with Crippen LogP contribution in [0.15, 0.2) is 27.8 Å². The molecule has 0 aliphatic carbocycles. The molecule has 6 heteroatoms. The molecule has 0 spiro atoms. The predicted octanol–water partition coefficient (Wildman–Crippen LogP) is 3.45. The molecule has 2 nitrogen and oxygen atoms in total. The first-order valence-electron chi connectivity index (χ1n) is 3.88. The Morgan fingerprint density at radius 2 is 2.07 bits per heavy atom. The average molecular weight is 282 g/mol. The zero-order chi connectivity index (χ0) is 11.5. The highest BCUT2D eigenvalue weighted by molar-refractivity contribution is 9.10. The van der Waals surface area contributed by atoms with Gasteiger partial charge < -0.3 is 4.84 Å². The Hall–Kier alpha value is -1.04. The maximum absolute atomic E-state index is 12.3. The first-order chi connectivity index (χ1) is 6.95. The van der Waals surface area contributed by atoms with E-state index in [9.17, 15) is 13.2 Å². The van der Waals surface area contributed by atoms with Crippen molar-refractivity contribution in [3.8, 4) is 0 Å². The number of hydrogen-bond donors (Lipinski definition) is 0. The molecule has 0 aliphatic heterocycles. The van der Waals surface area contributed by atoms with Gasteiger partial charge in [0.2, 0.25) is 0 Å². The molecule has 0 radical (unpaired) electrons. The van der Waals surface area contributed by atoms with E-state index in [0.717, 1.165) is 12.1 Å². The van der Waals surface area contributed by atoms with Crippen LogP contribution in [0.2, 0.25) is 0 Å². The zero-order valence-electron chi connectivity index (χ0n) is 7.68. The van der Waals surface area contributed by atoms with Crippen molar-refractivity contribution in [3.63, 3.8) is 0 Å². The van der Waals surface area contributed by atoms with E-state index in [1.165, 1.54) is 19.4 Å². The van der Waals surface area contributed by atoms with E-state index >= 15 is 0 Å². The minimum Gasteiger partial charge on any atom is -0.399 e. The Kier molecular flexibility index (Phi) is 3.73. The van der Waals surface area contributed by atoms with Crippen LogP contribution in [0.25, 0.3) is 0 Å². The van der Waals surface area contributed by atoms with Gasteiger partial charge in [0, 0.05) is 10.0 Å².